The van der Waals surface area contributed by atoms with Crippen molar-refractivity contribution in [1.82, 2.24) is 10.3 Å². The van der Waals surface area contributed by atoms with Crippen LogP contribution in [-0.2, 0) is 0 Å². The third-order valence-electron chi connectivity index (χ3n) is 2.19. The van der Waals surface area contributed by atoms with E-state index in [-0.39, 0.29) is 0 Å². The summed E-state index contributed by atoms with van der Waals surface area (Å²) in [6.45, 7) is 1.06. The number of aromatic nitrogens is 1. The molecule has 0 aromatic carbocycles. The Labute approximate surface area is 65.4 Å². The molecule has 1 aromatic rings. The van der Waals surface area contributed by atoms with E-state index < -0.39 is 0 Å². The Bertz CT molecular complexity index is 238. The first kappa shape index (κ1) is 6.73. The standard InChI is InChI=1S/C8H12N2O/c11-8-5-9-4-6(8)7-2-1-3-10-7/h4-5,7,9-11H,1-3H2. The lowest BCUT2D eigenvalue weighted by atomic mass is 10.1. The molecule has 1 unspecified atom stereocenters. The van der Waals surface area contributed by atoms with Crippen LogP contribution in [0.15, 0.2) is 12.4 Å². The van der Waals surface area contributed by atoms with E-state index in [0.29, 0.717) is 11.8 Å². The fraction of sp³-hybridized carbons (Fsp3) is 0.500. The molecule has 60 valence electrons. The Morgan fingerprint density at radius 3 is 2.91 bits per heavy atom. The Morgan fingerprint density at radius 1 is 1.45 bits per heavy atom. The Balaban J connectivity index is 2.21. The van der Waals surface area contributed by atoms with E-state index in [1.54, 1.807) is 6.20 Å². The molecule has 11 heavy (non-hydrogen) atoms. The fourth-order valence-electron chi connectivity index (χ4n) is 1.60. The molecule has 0 amide bonds. The van der Waals surface area contributed by atoms with Crippen LogP contribution in [0.3, 0.4) is 0 Å². The maximum absolute atomic E-state index is 9.34. The number of aromatic hydroxyl groups is 1. The van der Waals surface area contributed by atoms with Crippen LogP contribution >= 0.6 is 0 Å². The third kappa shape index (κ3) is 1.12. The van der Waals surface area contributed by atoms with Gasteiger partial charge in [0.05, 0.1) is 0 Å². The van der Waals surface area contributed by atoms with Gasteiger partial charge in [0.1, 0.15) is 5.75 Å². The maximum Gasteiger partial charge on any atom is 0.137 e. The molecule has 0 radical (unpaired) electrons. The molecule has 0 bridgehead atoms. The molecular formula is C8H12N2O. The lowest BCUT2D eigenvalue weighted by Gasteiger charge is -2.07. The largest absolute Gasteiger partial charge is 0.506 e. The van der Waals surface area contributed by atoms with Gasteiger partial charge in [-0.1, -0.05) is 0 Å². The summed E-state index contributed by atoms with van der Waals surface area (Å²) in [5, 5.41) is 12.7. The molecule has 1 fully saturated rings. The van der Waals surface area contributed by atoms with Crippen LogP contribution in [0, 0.1) is 0 Å². The molecule has 0 aliphatic carbocycles. The van der Waals surface area contributed by atoms with Crippen molar-refractivity contribution < 1.29 is 5.11 Å². The first-order valence-corrected chi connectivity index (χ1v) is 3.97. The molecule has 1 saturated heterocycles. The quantitative estimate of drug-likeness (QED) is 0.565. The van der Waals surface area contributed by atoms with Gasteiger partial charge in [0.25, 0.3) is 0 Å². The van der Waals surface area contributed by atoms with E-state index in [1.165, 1.54) is 6.42 Å². The van der Waals surface area contributed by atoms with Crippen molar-refractivity contribution in [2.75, 3.05) is 6.54 Å². The van der Waals surface area contributed by atoms with Crippen LogP contribution in [0.2, 0.25) is 0 Å². The van der Waals surface area contributed by atoms with Crippen molar-refractivity contribution in [2.24, 2.45) is 0 Å². The van der Waals surface area contributed by atoms with E-state index in [4.69, 9.17) is 0 Å². The summed E-state index contributed by atoms with van der Waals surface area (Å²) in [5.74, 6) is 0.379. The number of H-pyrrole nitrogens is 1. The van der Waals surface area contributed by atoms with Gasteiger partial charge in [-0.25, -0.2) is 0 Å². The molecule has 3 nitrogen and oxygen atoms in total. The average Bonchev–Trinajstić information content (AvgIpc) is 2.55. The van der Waals surface area contributed by atoms with E-state index >= 15 is 0 Å². The normalized spacial score (nSPS) is 24.2. The van der Waals surface area contributed by atoms with E-state index in [9.17, 15) is 5.11 Å². The van der Waals surface area contributed by atoms with Crippen molar-refractivity contribution in [2.45, 2.75) is 18.9 Å². The van der Waals surface area contributed by atoms with Crippen LogP contribution < -0.4 is 5.32 Å². The second kappa shape index (κ2) is 2.58. The summed E-state index contributed by atoms with van der Waals surface area (Å²) < 4.78 is 0. The Hall–Kier alpha value is -0.960. The van der Waals surface area contributed by atoms with Crippen molar-refractivity contribution in [1.29, 1.82) is 0 Å². The number of nitrogens with one attached hydrogen (secondary N) is 2. The van der Waals surface area contributed by atoms with E-state index in [1.807, 2.05) is 6.20 Å². The van der Waals surface area contributed by atoms with Gasteiger partial charge in [0.15, 0.2) is 0 Å². The molecule has 0 saturated carbocycles. The minimum atomic E-state index is 0.362. The minimum absolute atomic E-state index is 0.362. The second-order valence-corrected chi connectivity index (χ2v) is 2.94. The lowest BCUT2D eigenvalue weighted by Crippen LogP contribution is -2.11. The summed E-state index contributed by atoms with van der Waals surface area (Å²) in [6, 6.07) is 0.362. The van der Waals surface area contributed by atoms with Crippen LogP contribution in [-0.4, -0.2) is 16.6 Å². The summed E-state index contributed by atoms with van der Waals surface area (Å²) in [5.41, 5.74) is 1.00. The number of aromatic amines is 1. The maximum atomic E-state index is 9.34. The smallest absolute Gasteiger partial charge is 0.137 e. The molecule has 1 atom stereocenters. The third-order valence-corrected chi connectivity index (χ3v) is 2.19. The highest BCUT2D eigenvalue weighted by Crippen LogP contribution is 2.29. The highest BCUT2D eigenvalue weighted by atomic mass is 16.3. The predicted molar refractivity (Wildman–Crippen MR) is 42.4 cm³/mol. The Morgan fingerprint density at radius 2 is 2.36 bits per heavy atom. The van der Waals surface area contributed by atoms with Gasteiger partial charge < -0.3 is 15.4 Å². The van der Waals surface area contributed by atoms with Crippen LogP contribution in [0.25, 0.3) is 0 Å². The first-order chi connectivity index (χ1) is 5.38. The van der Waals surface area contributed by atoms with Crippen molar-refractivity contribution in [3.63, 3.8) is 0 Å². The zero-order valence-corrected chi connectivity index (χ0v) is 6.30. The van der Waals surface area contributed by atoms with E-state index in [2.05, 4.69) is 10.3 Å². The molecule has 3 N–H and O–H groups in total. The first-order valence-electron chi connectivity index (χ1n) is 3.97. The number of hydrogen-bond donors (Lipinski definition) is 3. The van der Waals surface area contributed by atoms with Gasteiger partial charge in [-0.2, -0.15) is 0 Å². The topological polar surface area (TPSA) is 48.0 Å². The summed E-state index contributed by atoms with van der Waals surface area (Å²) in [6.07, 6.45) is 5.81. The Kier molecular flexibility index (Phi) is 1.58. The number of rotatable bonds is 1. The second-order valence-electron chi connectivity index (χ2n) is 2.94. The minimum Gasteiger partial charge on any atom is -0.506 e. The lowest BCUT2D eigenvalue weighted by molar-refractivity contribution is 0.459. The molecule has 3 heteroatoms. The van der Waals surface area contributed by atoms with Crippen molar-refractivity contribution >= 4 is 0 Å². The highest BCUT2D eigenvalue weighted by molar-refractivity contribution is 5.31. The monoisotopic (exact) mass is 152 g/mol. The zero-order valence-electron chi connectivity index (χ0n) is 6.30. The van der Waals surface area contributed by atoms with E-state index in [0.717, 1.165) is 18.5 Å². The van der Waals surface area contributed by atoms with Crippen LogP contribution in [0.5, 0.6) is 5.75 Å². The van der Waals surface area contributed by atoms with Gasteiger partial charge in [-0.05, 0) is 19.4 Å². The number of hydrogen-bond acceptors (Lipinski definition) is 2. The average molecular weight is 152 g/mol. The van der Waals surface area contributed by atoms with Gasteiger partial charge in [0.2, 0.25) is 0 Å². The highest BCUT2D eigenvalue weighted by Gasteiger charge is 2.19. The SMILES string of the molecule is Oc1c[nH]cc1C1CCCN1. The summed E-state index contributed by atoms with van der Waals surface area (Å²) in [7, 11) is 0. The molecule has 0 spiro atoms. The molecule has 1 aliphatic rings. The van der Waals surface area contributed by atoms with Crippen LogP contribution in [0.4, 0.5) is 0 Å². The van der Waals surface area contributed by atoms with Gasteiger partial charge >= 0.3 is 0 Å². The fourth-order valence-corrected chi connectivity index (χ4v) is 1.60. The molecule has 1 aromatic heterocycles. The van der Waals surface area contributed by atoms with Crippen molar-refractivity contribution in [3.8, 4) is 5.75 Å². The van der Waals surface area contributed by atoms with Gasteiger partial charge in [0, 0.05) is 24.0 Å². The molecule has 1 aliphatic heterocycles. The summed E-state index contributed by atoms with van der Waals surface area (Å²) in [4.78, 5) is 2.88. The van der Waals surface area contributed by atoms with Gasteiger partial charge in [-0.15, -0.1) is 0 Å². The van der Waals surface area contributed by atoms with Gasteiger partial charge in [-0.3, -0.25) is 0 Å². The molecule has 2 rings (SSSR count). The predicted octanol–water partition coefficient (Wildman–Crippen LogP) is 1.14. The molecule has 2 heterocycles. The zero-order chi connectivity index (χ0) is 7.68. The van der Waals surface area contributed by atoms with Crippen LogP contribution in [0.1, 0.15) is 24.4 Å². The molecular weight excluding hydrogens is 140 g/mol. The van der Waals surface area contributed by atoms with Crippen molar-refractivity contribution in [3.05, 3.63) is 18.0 Å². The summed E-state index contributed by atoms with van der Waals surface area (Å²) >= 11 is 0.